The van der Waals surface area contributed by atoms with Crippen LogP contribution in [0.4, 0.5) is 0 Å². The Morgan fingerprint density at radius 3 is 2.41 bits per heavy atom. The molecule has 0 aliphatic rings. The lowest BCUT2D eigenvalue weighted by Crippen LogP contribution is -2.43. The van der Waals surface area contributed by atoms with Crippen molar-refractivity contribution in [1.82, 2.24) is 5.32 Å². The van der Waals surface area contributed by atoms with Crippen molar-refractivity contribution in [1.29, 1.82) is 0 Å². The molecule has 0 heterocycles. The highest BCUT2D eigenvalue weighted by molar-refractivity contribution is 5.83. The number of aliphatic carboxylic acids is 1. The van der Waals surface area contributed by atoms with E-state index >= 15 is 0 Å². The van der Waals surface area contributed by atoms with E-state index in [9.17, 15) is 9.59 Å². The molecule has 0 aliphatic carbocycles. The molecule has 1 atom stereocenters. The fourth-order valence-corrected chi connectivity index (χ4v) is 1.35. The third kappa shape index (κ3) is 4.65. The molecule has 0 bridgehead atoms. The van der Waals surface area contributed by atoms with Crippen molar-refractivity contribution in [3.63, 3.8) is 0 Å². The smallest absolute Gasteiger partial charge is 0.328 e. The maximum atomic E-state index is 11.4. The van der Waals surface area contributed by atoms with Gasteiger partial charge in [0.1, 0.15) is 6.04 Å². The van der Waals surface area contributed by atoms with Gasteiger partial charge in [0.05, 0.1) is 6.61 Å². The molecule has 92 valence electrons. The van der Waals surface area contributed by atoms with Gasteiger partial charge >= 0.3 is 5.97 Å². The molecule has 0 fully saturated rings. The highest BCUT2D eigenvalue weighted by Crippen LogP contribution is 2.02. The maximum absolute atomic E-state index is 11.4. The molecule has 0 aromatic heterocycles. The van der Waals surface area contributed by atoms with Crippen LogP contribution in [0.2, 0.25) is 0 Å². The number of hydrogen-bond acceptors (Lipinski definition) is 3. The minimum atomic E-state index is -1.24. The van der Waals surface area contributed by atoms with Crippen LogP contribution in [0, 0.1) is 0 Å². The van der Waals surface area contributed by atoms with E-state index in [0.717, 1.165) is 5.56 Å². The molecule has 0 saturated carbocycles. The van der Waals surface area contributed by atoms with Crippen LogP contribution >= 0.6 is 0 Å². The zero-order chi connectivity index (χ0) is 12.7. The van der Waals surface area contributed by atoms with Crippen molar-refractivity contribution in [3.05, 3.63) is 35.9 Å². The molecular formula is C12H15NO4. The molecule has 0 aliphatic heterocycles. The Hall–Kier alpha value is -1.88. The van der Waals surface area contributed by atoms with E-state index in [2.05, 4.69) is 5.32 Å². The molecule has 0 radical (unpaired) electrons. The standard InChI is InChI=1S/C12H15NO4/c14-8-10(12(16)17)13-11(15)7-6-9-4-2-1-3-5-9/h1-5,10,14H,6-8H2,(H,13,15)(H,16,17). The second kappa shape index (κ2) is 6.65. The Labute approximate surface area is 99.1 Å². The third-order valence-corrected chi connectivity index (χ3v) is 2.30. The van der Waals surface area contributed by atoms with E-state index in [1.54, 1.807) is 0 Å². The highest BCUT2D eigenvalue weighted by Gasteiger charge is 2.18. The number of hydrogen-bond donors (Lipinski definition) is 3. The van der Waals surface area contributed by atoms with Crippen LogP contribution in [0.3, 0.4) is 0 Å². The zero-order valence-corrected chi connectivity index (χ0v) is 9.30. The lowest BCUT2D eigenvalue weighted by atomic mass is 10.1. The van der Waals surface area contributed by atoms with Crippen molar-refractivity contribution in [2.75, 3.05) is 6.61 Å². The van der Waals surface area contributed by atoms with E-state index < -0.39 is 18.6 Å². The molecule has 1 rings (SSSR count). The van der Waals surface area contributed by atoms with E-state index in [1.807, 2.05) is 30.3 Å². The molecule has 3 N–H and O–H groups in total. The van der Waals surface area contributed by atoms with Gasteiger partial charge in [-0.15, -0.1) is 0 Å². The summed E-state index contributed by atoms with van der Waals surface area (Å²) in [6.07, 6.45) is 0.748. The van der Waals surface area contributed by atoms with E-state index in [1.165, 1.54) is 0 Å². The molecule has 17 heavy (non-hydrogen) atoms. The summed E-state index contributed by atoms with van der Waals surface area (Å²) in [6, 6.07) is 8.21. The predicted molar refractivity (Wildman–Crippen MR) is 61.4 cm³/mol. The average molecular weight is 237 g/mol. The quantitative estimate of drug-likeness (QED) is 0.658. The second-order valence-corrected chi connectivity index (χ2v) is 3.63. The summed E-state index contributed by atoms with van der Waals surface area (Å²) < 4.78 is 0. The minimum Gasteiger partial charge on any atom is -0.480 e. The monoisotopic (exact) mass is 237 g/mol. The number of carbonyl (C=O) groups excluding carboxylic acids is 1. The van der Waals surface area contributed by atoms with Gasteiger partial charge in [-0.3, -0.25) is 4.79 Å². The van der Waals surface area contributed by atoms with Crippen molar-refractivity contribution in [2.45, 2.75) is 18.9 Å². The largest absolute Gasteiger partial charge is 0.480 e. The maximum Gasteiger partial charge on any atom is 0.328 e. The molecule has 1 aromatic carbocycles. The number of carboxylic acid groups (broad SMARTS) is 1. The molecule has 1 unspecified atom stereocenters. The minimum absolute atomic E-state index is 0.202. The number of amides is 1. The fourth-order valence-electron chi connectivity index (χ4n) is 1.35. The number of nitrogens with one attached hydrogen (secondary N) is 1. The summed E-state index contributed by atoms with van der Waals surface area (Å²) >= 11 is 0. The Bertz CT molecular complexity index is 377. The van der Waals surface area contributed by atoms with Gasteiger partial charge < -0.3 is 15.5 Å². The first-order chi connectivity index (χ1) is 8.13. The van der Waals surface area contributed by atoms with Crippen LogP contribution in [-0.4, -0.2) is 34.7 Å². The Kier molecular flexibility index (Phi) is 5.16. The number of rotatable bonds is 6. The molecule has 5 heteroatoms. The van der Waals surface area contributed by atoms with Crippen LogP contribution < -0.4 is 5.32 Å². The van der Waals surface area contributed by atoms with Crippen molar-refractivity contribution in [2.24, 2.45) is 0 Å². The Balaban J connectivity index is 2.37. The fraction of sp³-hybridized carbons (Fsp3) is 0.333. The van der Waals surface area contributed by atoms with Crippen molar-refractivity contribution >= 4 is 11.9 Å². The van der Waals surface area contributed by atoms with Crippen LogP contribution in [0.15, 0.2) is 30.3 Å². The van der Waals surface area contributed by atoms with Crippen LogP contribution in [0.1, 0.15) is 12.0 Å². The molecular weight excluding hydrogens is 222 g/mol. The van der Waals surface area contributed by atoms with Gasteiger partial charge in [0.2, 0.25) is 5.91 Å². The van der Waals surface area contributed by atoms with Crippen molar-refractivity contribution in [3.8, 4) is 0 Å². The lowest BCUT2D eigenvalue weighted by Gasteiger charge is -2.11. The third-order valence-electron chi connectivity index (χ3n) is 2.30. The number of carbonyl (C=O) groups is 2. The van der Waals surface area contributed by atoms with Gasteiger partial charge in [0, 0.05) is 6.42 Å². The van der Waals surface area contributed by atoms with E-state index in [4.69, 9.17) is 10.2 Å². The summed E-state index contributed by atoms with van der Waals surface area (Å²) in [4.78, 5) is 22.0. The lowest BCUT2D eigenvalue weighted by molar-refractivity contribution is -0.142. The van der Waals surface area contributed by atoms with Gasteiger partial charge in [-0.1, -0.05) is 30.3 Å². The number of aliphatic hydroxyl groups is 1. The average Bonchev–Trinajstić information content (AvgIpc) is 2.34. The van der Waals surface area contributed by atoms with Crippen LogP contribution in [-0.2, 0) is 16.0 Å². The number of benzene rings is 1. The normalized spacial score (nSPS) is 11.8. The SMILES string of the molecule is O=C(CCc1ccccc1)NC(CO)C(=O)O. The zero-order valence-electron chi connectivity index (χ0n) is 9.30. The molecule has 0 spiro atoms. The van der Waals surface area contributed by atoms with Gasteiger partial charge in [-0.05, 0) is 12.0 Å². The number of aryl methyl sites for hydroxylation is 1. The summed E-state index contributed by atoms with van der Waals surface area (Å²) in [7, 11) is 0. The van der Waals surface area contributed by atoms with E-state index in [-0.39, 0.29) is 12.3 Å². The Morgan fingerprint density at radius 2 is 1.88 bits per heavy atom. The van der Waals surface area contributed by atoms with E-state index in [0.29, 0.717) is 6.42 Å². The Morgan fingerprint density at radius 1 is 1.24 bits per heavy atom. The summed E-state index contributed by atoms with van der Waals surface area (Å²) in [5.41, 5.74) is 1.01. The van der Waals surface area contributed by atoms with Crippen LogP contribution in [0.5, 0.6) is 0 Å². The molecule has 5 nitrogen and oxygen atoms in total. The topological polar surface area (TPSA) is 86.6 Å². The van der Waals surface area contributed by atoms with Gasteiger partial charge in [-0.2, -0.15) is 0 Å². The first-order valence-electron chi connectivity index (χ1n) is 5.30. The van der Waals surface area contributed by atoms with Gasteiger partial charge in [0.15, 0.2) is 0 Å². The summed E-state index contributed by atoms with van der Waals surface area (Å²) in [5.74, 6) is -1.61. The molecule has 1 amide bonds. The van der Waals surface area contributed by atoms with Crippen molar-refractivity contribution < 1.29 is 19.8 Å². The number of aliphatic hydroxyl groups excluding tert-OH is 1. The summed E-state index contributed by atoms with van der Waals surface area (Å²) in [5, 5.41) is 19.6. The molecule has 1 aromatic rings. The highest BCUT2D eigenvalue weighted by atomic mass is 16.4. The van der Waals surface area contributed by atoms with Gasteiger partial charge in [-0.25, -0.2) is 4.79 Å². The van der Waals surface area contributed by atoms with Gasteiger partial charge in [0.25, 0.3) is 0 Å². The van der Waals surface area contributed by atoms with Crippen LogP contribution in [0.25, 0.3) is 0 Å². The predicted octanol–water partition coefficient (Wildman–Crippen LogP) is 0.181. The number of carboxylic acids is 1. The summed E-state index contributed by atoms with van der Waals surface area (Å²) in [6.45, 7) is -0.605. The first kappa shape index (κ1) is 13.2. The first-order valence-corrected chi connectivity index (χ1v) is 5.30. The second-order valence-electron chi connectivity index (χ2n) is 3.63. The molecule has 0 saturated heterocycles.